The van der Waals surface area contributed by atoms with Crippen molar-refractivity contribution in [3.8, 4) is 22.8 Å². The van der Waals surface area contributed by atoms with Crippen molar-refractivity contribution in [1.82, 2.24) is 4.98 Å². The number of rotatable bonds is 4. The third kappa shape index (κ3) is 3.00. The topological polar surface area (TPSA) is 71.6 Å². The monoisotopic (exact) mass is 283 g/mol. The van der Waals surface area contributed by atoms with Crippen molar-refractivity contribution in [2.75, 3.05) is 14.2 Å². The largest absolute Gasteiger partial charge is 0.497 e. The number of hydrogen-bond donors (Lipinski definition) is 2. The SMILES string of the molecule is COc1ccc(OC)c(-c2ccc(C(=O)O)[nH]2)c1.Cl. The van der Waals surface area contributed by atoms with Gasteiger partial charge in [0.2, 0.25) is 0 Å². The number of aromatic nitrogens is 1. The van der Waals surface area contributed by atoms with Gasteiger partial charge in [0.15, 0.2) is 0 Å². The molecule has 0 aliphatic heterocycles. The maximum Gasteiger partial charge on any atom is 0.352 e. The van der Waals surface area contributed by atoms with Crippen molar-refractivity contribution in [3.05, 3.63) is 36.0 Å². The van der Waals surface area contributed by atoms with Crippen molar-refractivity contribution < 1.29 is 19.4 Å². The van der Waals surface area contributed by atoms with E-state index in [4.69, 9.17) is 14.6 Å². The van der Waals surface area contributed by atoms with Gasteiger partial charge in [0, 0.05) is 11.3 Å². The van der Waals surface area contributed by atoms with E-state index in [1.165, 1.54) is 6.07 Å². The molecule has 0 bridgehead atoms. The minimum atomic E-state index is -0.997. The van der Waals surface area contributed by atoms with Crippen LogP contribution in [-0.2, 0) is 0 Å². The Labute approximate surface area is 116 Å². The van der Waals surface area contributed by atoms with Gasteiger partial charge in [-0.3, -0.25) is 0 Å². The van der Waals surface area contributed by atoms with Gasteiger partial charge in [-0.2, -0.15) is 0 Å². The molecular weight excluding hydrogens is 270 g/mol. The average molecular weight is 284 g/mol. The van der Waals surface area contributed by atoms with Gasteiger partial charge in [0.05, 0.1) is 14.2 Å². The summed E-state index contributed by atoms with van der Waals surface area (Å²) in [4.78, 5) is 13.7. The van der Waals surface area contributed by atoms with Gasteiger partial charge >= 0.3 is 5.97 Å². The first-order chi connectivity index (χ1) is 8.65. The van der Waals surface area contributed by atoms with Gasteiger partial charge in [-0.05, 0) is 30.3 Å². The molecule has 0 atom stereocenters. The number of aromatic amines is 1. The molecule has 1 aromatic carbocycles. The van der Waals surface area contributed by atoms with E-state index in [9.17, 15) is 4.79 Å². The first-order valence-electron chi connectivity index (χ1n) is 5.30. The molecule has 102 valence electrons. The molecule has 0 aliphatic carbocycles. The predicted octanol–water partition coefficient (Wildman–Crippen LogP) is 2.82. The van der Waals surface area contributed by atoms with Crippen LogP contribution in [0.2, 0.25) is 0 Å². The van der Waals surface area contributed by atoms with Crippen molar-refractivity contribution in [1.29, 1.82) is 0 Å². The molecule has 2 aromatic rings. The molecule has 5 nitrogen and oxygen atoms in total. The molecule has 0 unspecified atom stereocenters. The van der Waals surface area contributed by atoms with Crippen molar-refractivity contribution >= 4 is 18.4 Å². The van der Waals surface area contributed by atoms with E-state index in [-0.39, 0.29) is 18.1 Å². The van der Waals surface area contributed by atoms with E-state index >= 15 is 0 Å². The second kappa shape index (κ2) is 6.15. The predicted molar refractivity (Wildman–Crippen MR) is 73.5 cm³/mol. The Kier molecular flexibility index (Phi) is 4.83. The first-order valence-corrected chi connectivity index (χ1v) is 5.30. The lowest BCUT2D eigenvalue weighted by Gasteiger charge is -2.09. The molecule has 0 aliphatic rings. The van der Waals surface area contributed by atoms with E-state index in [1.807, 2.05) is 0 Å². The number of methoxy groups -OCH3 is 2. The number of ether oxygens (including phenoxy) is 2. The number of benzene rings is 1. The summed E-state index contributed by atoms with van der Waals surface area (Å²) in [5.41, 5.74) is 1.56. The molecule has 0 radical (unpaired) electrons. The highest BCUT2D eigenvalue weighted by Gasteiger charge is 2.12. The number of nitrogens with one attached hydrogen (secondary N) is 1. The Hall–Kier alpha value is -2.14. The standard InChI is InChI=1S/C13H13NO4.ClH/c1-17-8-3-6-12(18-2)9(7-8)10-4-5-11(14-10)13(15)16;/h3-7,14H,1-2H3,(H,15,16);1H. The molecule has 19 heavy (non-hydrogen) atoms. The molecule has 6 heteroatoms. The van der Waals surface area contributed by atoms with E-state index in [1.54, 1.807) is 38.5 Å². The third-order valence-corrected chi connectivity index (χ3v) is 2.61. The van der Waals surface area contributed by atoms with Crippen molar-refractivity contribution in [3.63, 3.8) is 0 Å². The van der Waals surface area contributed by atoms with Gasteiger partial charge in [-0.15, -0.1) is 12.4 Å². The lowest BCUT2D eigenvalue weighted by Crippen LogP contribution is -1.96. The zero-order valence-corrected chi connectivity index (χ0v) is 11.3. The van der Waals surface area contributed by atoms with Crippen LogP contribution in [0.1, 0.15) is 10.5 Å². The summed E-state index contributed by atoms with van der Waals surface area (Å²) in [6.45, 7) is 0. The molecule has 2 rings (SSSR count). The molecule has 0 saturated heterocycles. The van der Waals surface area contributed by atoms with Crippen LogP contribution in [0.15, 0.2) is 30.3 Å². The number of carbonyl (C=O) groups is 1. The molecule has 0 amide bonds. The summed E-state index contributed by atoms with van der Waals surface area (Å²) in [5.74, 6) is 0.329. The Balaban J connectivity index is 0.00000180. The summed E-state index contributed by atoms with van der Waals surface area (Å²) in [6, 6.07) is 8.55. The highest BCUT2D eigenvalue weighted by atomic mass is 35.5. The van der Waals surface area contributed by atoms with Crippen molar-refractivity contribution in [2.24, 2.45) is 0 Å². The summed E-state index contributed by atoms with van der Waals surface area (Å²) >= 11 is 0. The Morgan fingerprint density at radius 1 is 1.16 bits per heavy atom. The summed E-state index contributed by atoms with van der Waals surface area (Å²) in [6.07, 6.45) is 0. The van der Waals surface area contributed by atoms with Crippen molar-refractivity contribution in [2.45, 2.75) is 0 Å². The maximum atomic E-state index is 10.8. The molecule has 1 aromatic heterocycles. The van der Waals surface area contributed by atoms with Crippen LogP contribution < -0.4 is 9.47 Å². The molecule has 2 N–H and O–H groups in total. The van der Waals surface area contributed by atoms with Crippen LogP contribution in [0.5, 0.6) is 11.5 Å². The number of carboxylic acid groups (broad SMARTS) is 1. The second-order valence-corrected chi connectivity index (χ2v) is 3.66. The fourth-order valence-electron chi connectivity index (χ4n) is 1.70. The minimum Gasteiger partial charge on any atom is -0.497 e. The summed E-state index contributed by atoms with van der Waals surface area (Å²) in [7, 11) is 3.13. The first kappa shape index (κ1) is 14.9. The normalized spacial score (nSPS) is 9.58. The van der Waals surface area contributed by atoms with Crippen LogP contribution in [0, 0.1) is 0 Å². The lowest BCUT2D eigenvalue weighted by molar-refractivity contribution is 0.0691. The highest BCUT2D eigenvalue weighted by molar-refractivity contribution is 5.87. The number of hydrogen-bond acceptors (Lipinski definition) is 3. The van der Waals surface area contributed by atoms with Crippen LogP contribution in [0.3, 0.4) is 0 Å². The second-order valence-electron chi connectivity index (χ2n) is 3.66. The van der Waals surface area contributed by atoms with Gasteiger partial charge < -0.3 is 19.6 Å². The zero-order valence-electron chi connectivity index (χ0n) is 10.5. The van der Waals surface area contributed by atoms with E-state index in [0.29, 0.717) is 17.2 Å². The van der Waals surface area contributed by atoms with Crippen LogP contribution in [0.25, 0.3) is 11.3 Å². The smallest absolute Gasteiger partial charge is 0.352 e. The maximum absolute atomic E-state index is 10.8. The Bertz CT molecular complexity index is 580. The Morgan fingerprint density at radius 3 is 2.42 bits per heavy atom. The average Bonchev–Trinajstić information content (AvgIpc) is 2.87. The van der Waals surface area contributed by atoms with Gasteiger partial charge in [0.25, 0.3) is 0 Å². The third-order valence-electron chi connectivity index (χ3n) is 2.61. The molecular formula is C13H14ClNO4. The quantitative estimate of drug-likeness (QED) is 0.905. The van der Waals surface area contributed by atoms with Gasteiger partial charge in [0.1, 0.15) is 17.2 Å². The minimum absolute atomic E-state index is 0. The molecule has 0 spiro atoms. The van der Waals surface area contributed by atoms with Crippen LogP contribution in [0.4, 0.5) is 0 Å². The number of halogens is 1. The molecule has 1 heterocycles. The molecule has 0 fully saturated rings. The number of carboxylic acids is 1. The number of aromatic carboxylic acids is 1. The lowest BCUT2D eigenvalue weighted by atomic mass is 10.1. The van der Waals surface area contributed by atoms with E-state index in [0.717, 1.165) is 5.56 Å². The summed E-state index contributed by atoms with van der Waals surface area (Å²) < 4.78 is 10.4. The Morgan fingerprint density at radius 2 is 1.89 bits per heavy atom. The molecule has 0 saturated carbocycles. The fourth-order valence-corrected chi connectivity index (χ4v) is 1.70. The number of H-pyrrole nitrogens is 1. The van der Waals surface area contributed by atoms with E-state index < -0.39 is 5.97 Å². The zero-order chi connectivity index (χ0) is 13.1. The van der Waals surface area contributed by atoms with Gasteiger partial charge in [-0.25, -0.2) is 4.79 Å². The van der Waals surface area contributed by atoms with E-state index in [2.05, 4.69) is 4.98 Å². The van der Waals surface area contributed by atoms with Crippen LogP contribution in [-0.4, -0.2) is 30.3 Å². The summed E-state index contributed by atoms with van der Waals surface area (Å²) in [5, 5.41) is 8.89. The highest BCUT2D eigenvalue weighted by Crippen LogP contribution is 2.32. The van der Waals surface area contributed by atoms with Crippen LogP contribution >= 0.6 is 12.4 Å². The fraction of sp³-hybridized carbons (Fsp3) is 0.154. The van der Waals surface area contributed by atoms with Gasteiger partial charge in [-0.1, -0.05) is 0 Å².